The molecule has 1 N–H and O–H groups in total. The third-order valence-corrected chi connectivity index (χ3v) is 2.74. The van der Waals surface area contributed by atoms with Crippen LogP contribution in [-0.2, 0) is 24.3 Å². The summed E-state index contributed by atoms with van der Waals surface area (Å²) in [5.41, 5.74) is 1.05. The molecule has 0 spiro atoms. The second kappa shape index (κ2) is 7.71. The SMILES string of the molecule is CCNCc1ccc(COCCc2ccccn2)o1. The lowest BCUT2D eigenvalue weighted by Crippen LogP contribution is -2.10. The Morgan fingerprint density at radius 1 is 1.21 bits per heavy atom. The van der Waals surface area contributed by atoms with Crippen LogP contribution in [0.25, 0.3) is 0 Å². The maximum absolute atomic E-state index is 5.63. The molecule has 4 nitrogen and oxygen atoms in total. The fourth-order valence-electron chi connectivity index (χ4n) is 1.74. The van der Waals surface area contributed by atoms with Crippen LogP contribution in [0.3, 0.4) is 0 Å². The van der Waals surface area contributed by atoms with Crippen molar-refractivity contribution in [1.29, 1.82) is 0 Å². The number of hydrogen-bond donors (Lipinski definition) is 1. The summed E-state index contributed by atoms with van der Waals surface area (Å²) in [6, 6.07) is 9.86. The first-order valence-electron chi connectivity index (χ1n) is 6.64. The van der Waals surface area contributed by atoms with Crippen LogP contribution in [0, 0.1) is 0 Å². The molecule has 0 atom stereocenters. The Kier molecular flexibility index (Phi) is 5.59. The molecule has 0 aliphatic rings. The molecule has 0 radical (unpaired) electrons. The van der Waals surface area contributed by atoms with Gasteiger partial charge in [0.25, 0.3) is 0 Å². The van der Waals surface area contributed by atoms with Crippen molar-refractivity contribution in [2.45, 2.75) is 26.5 Å². The Hall–Kier alpha value is -1.65. The van der Waals surface area contributed by atoms with Crippen molar-refractivity contribution in [1.82, 2.24) is 10.3 Å². The predicted molar refractivity (Wildman–Crippen MR) is 73.7 cm³/mol. The number of aromatic nitrogens is 1. The molecule has 4 heteroatoms. The third kappa shape index (κ3) is 4.85. The number of rotatable bonds is 8. The summed E-state index contributed by atoms with van der Waals surface area (Å²) >= 11 is 0. The van der Waals surface area contributed by atoms with Crippen molar-refractivity contribution < 1.29 is 9.15 Å². The maximum Gasteiger partial charge on any atom is 0.129 e. The van der Waals surface area contributed by atoms with Gasteiger partial charge in [0.15, 0.2) is 0 Å². The Balaban J connectivity index is 1.66. The van der Waals surface area contributed by atoms with Gasteiger partial charge < -0.3 is 14.5 Å². The van der Waals surface area contributed by atoms with Crippen LogP contribution >= 0.6 is 0 Å². The van der Waals surface area contributed by atoms with E-state index in [1.165, 1.54) is 0 Å². The molecule has 0 amide bonds. The first kappa shape index (κ1) is 13.8. The summed E-state index contributed by atoms with van der Waals surface area (Å²) in [4.78, 5) is 4.25. The average Bonchev–Trinajstić information content (AvgIpc) is 2.90. The van der Waals surface area contributed by atoms with E-state index in [4.69, 9.17) is 9.15 Å². The average molecular weight is 260 g/mol. The highest BCUT2D eigenvalue weighted by Gasteiger charge is 2.02. The molecule has 0 saturated heterocycles. The van der Waals surface area contributed by atoms with E-state index in [1.807, 2.05) is 30.3 Å². The molecule has 0 aliphatic heterocycles. The zero-order valence-corrected chi connectivity index (χ0v) is 11.3. The van der Waals surface area contributed by atoms with Gasteiger partial charge in [0.1, 0.15) is 18.1 Å². The van der Waals surface area contributed by atoms with Crippen LogP contribution in [0.5, 0.6) is 0 Å². The molecule has 0 unspecified atom stereocenters. The van der Waals surface area contributed by atoms with Crippen LogP contribution in [0.1, 0.15) is 24.1 Å². The summed E-state index contributed by atoms with van der Waals surface area (Å²) in [5.74, 6) is 1.82. The van der Waals surface area contributed by atoms with Crippen LogP contribution in [0.4, 0.5) is 0 Å². The molecule has 2 heterocycles. The van der Waals surface area contributed by atoms with E-state index < -0.39 is 0 Å². The molecule has 0 saturated carbocycles. The van der Waals surface area contributed by atoms with Gasteiger partial charge in [0, 0.05) is 18.3 Å². The molecule has 2 aromatic heterocycles. The third-order valence-electron chi connectivity index (χ3n) is 2.74. The van der Waals surface area contributed by atoms with Crippen LogP contribution in [-0.4, -0.2) is 18.1 Å². The van der Waals surface area contributed by atoms with Crippen molar-refractivity contribution in [2.24, 2.45) is 0 Å². The molecule has 2 aromatic rings. The zero-order valence-electron chi connectivity index (χ0n) is 11.3. The molecule has 0 aromatic carbocycles. The molecular formula is C15H20N2O2. The first-order chi connectivity index (χ1) is 9.38. The van der Waals surface area contributed by atoms with Gasteiger partial charge in [0.2, 0.25) is 0 Å². The number of pyridine rings is 1. The van der Waals surface area contributed by atoms with Crippen molar-refractivity contribution in [3.05, 3.63) is 53.7 Å². The van der Waals surface area contributed by atoms with Gasteiger partial charge in [-0.15, -0.1) is 0 Å². The van der Waals surface area contributed by atoms with Gasteiger partial charge >= 0.3 is 0 Å². The van der Waals surface area contributed by atoms with Gasteiger partial charge in [-0.3, -0.25) is 4.98 Å². The van der Waals surface area contributed by atoms with Gasteiger partial charge in [-0.1, -0.05) is 13.0 Å². The molecule has 0 bridgehead atoms. The van der Waals surface area contributed by atoms with Gasteiger partial charge in [-0.2, -0.15) is 0 Å². The number of nitrogens with one attached hydrogen (secondary N) is 1. The Morgan fingerprint density at radius 2 is 2.11 bits per heavy atom. The highest BCUT2D eigenvalue weighted by atomic mass is 16.5. The van der Waals surface area contributed by atoms with Gasteiger partial charge in [-0.05, 0) is 30.8 Å². The normalized spacial score (nSPS) is 10.8. The number of ether oxygens (including phenoxy) is 1. The first-order valence-corrected chi connectivity index (χ1v) is 6.64. The van der Waals surface area contributed by atoms with Crippen LogP contribution in [0.2, 0.25) is 0 Å². The Bertz CT molecular complexity index is 468. The van der Waals surface area contributed by atoms with Gasteiger partial charge in [-0.25, -0.2) is 0 Å². The van der Waals surface area contributed by atoms with Crippen LogP contribution in [0.15, 0.2) is 40.9 Å². The minimum absolute atomic E-state index is 0.513. The summed E-state index contributed by atoms with van der Waals surface area (Å²) in [7, 11) is 0. The summed E-state index contributed by atoms with van der Waals surface area (Å²) < 4.78 is 11.2. The topological polar surface area (TPSA) is 47.3 Å². The number of furan rings is 1. The van der Waals surface area contributed by atoms with Crippen molar-refractivity contribution in [3.63, 3.8) is 0 Å². The van der Waals surface area contributed by atoms with E-state index in [2.05, 4.69) is 17.2 Å². The molecule has 102 valence electrons. The molecule has 2 rings (SSSR count). The number of nitrogens with zero attached hydrogens (tertiary/aromatic N) is 1. The van der Waals surface area contributed by atoms with E-state index >= 15 is 0 Å². The van der Waals surface area contributed by atoms with E-state index in [-0.39, 0.29) is 0 Å². The fourth-order valence-corrected chi connectivity index (χ4v) is 1.74. The number of hydrogen-bond acceptors (Lipinski definition) is 4. The van der Waals surface area contributed by atoms with Crippen LogP contribution < -0.4 is 5.32 Å². The lowest BCUT2D eigenvalue weighted by atomic mass is 10.3. The minimum Gasteiger partial charge on any atom is -0.462 e. The molecule has 19 heavy (non-hydrogen) atoms. The summed E-state index contributed by atoms with van der Waals surface area (Å²) in [6.45, 7) is 4.95. The fraction of sp³-hybridized carbons (Fsp3) is 0.400. The van der Waals surface area contributed by atoms with E-state index in [0.717, 1.165) is 36.7 Å². The standard InChI is InChI=1S/C15H20N2O2/c1-2-16-11-14-6-7-15(19-14)12-18-10-8-13-5-3-4-9-17-13/h3-7,9,16H,2,8,10-12H2,1H3. The molecule has 0 aliphatic carbocycles. The zero-order chi connectivity index (χ0) is 13.3. The monoisotopic (exact) mass is 260 g/mol. The Morgan fingerprint density at radius 3 is 2.89 bits per heavy atom. The predicted octanol–water partition coefficient (Wildman–Crippen LogP) is 2.54. The van der Waals surface area contributed by atoms with E-state index in [0.29, 0.717) is 13.2 Å². The summed E-state index contributed by atoms with van der Waals surface area (Å²) in [6.07, 6.45) is 2.63. The highest BCUT2D eigenvalue weighted by Crippen LogP contribution is 2.09. The lowest BCUT2D eigenvalue weighted by molar-refractivity contribution is 0.107. The lowest BCUT2D eigenvalue weighted by Gasteiger charge is -2.02. The molecule has 0 fully saturated rings. The second-order valence-corrected chi connectivity index (χ2v) is 4.27. The van der Waals surface area contributed by atoms with Crippen molar-refractivity contribution in [2.75, 3.05) is 13.2 Å². The van der Waals surface area contributed by atoms with Crippen molar-refractivity contribution >= 4 is 0 Å². The van der Waals surface area contributed by atoms with E-state index in [9.17, 15) is 0 Å². The van der Waals surface area contributed by atoms with Crippen molar-refractivity contribution in [3.8, 4) is 0 Å². The van der Waals surface area contributed by atoms with E-state index in [1.54, 1.807) is 6.20 Å². The smallest absolute Gasteiger partial charge is 0.129 e. The Labute approximate surface area is 113 Å². The maximum atomic E-state index is 5.63. The summed E-state index contributed by atoms with van der Waals surface area (Å²) in [5, 5.41) is 3.22. The second-order valence-electron chi connectivity index (χ2n) is 4.27. The quantitative estimate of drug-likeness (QED) is 0.741. The largest absolute Gasteiger partial charge is 0.462 e. The highest BCUT2D eigenvalue weighted by molar-refractivity contribution is 5.06. The molecular weight excluding hydrogens is 240 g/mol. The minimum atomic E-state index is 0.513. The van der Waals surface area contributed by atoms with Gasteiger partial charge in [0.05, 0.1) is 13.2 Å².